The van der Waals surface area contributed by atoms with Gasteiger partial charge in [0, 0.05) is 6.92 Å². The van der Waals surface area contributed by atoms with Crippen LogP contribution in [-0.4, -0.2) is 47.2 Å². The summed E-state index contributed by atoms with van der Waals surface area (Å²) in [4.78, 5) is 10.9. The van der Waals surface area contributed by atoms with Crippen molar-refractivity contribution >= 4 is 40.9 Å². The molecule has 0 aromatic carbocycles. The predicted molar refractivity (Wildman–Crippen MR) is 80.6 cm³/mol. The molecule has 1 heterocycles. The Morgan fingerprint density at radius 3 is 1.74 bits per heavy atom. The van der Waals surface area contributed by atoms with Gasteiger partial charge in [0.25, 0.3) is 0 Å². The van der Waals surface area contributed by atoms with Crippen LogP contribution in [0.15, 0.2) is 0 Å². The van der Waals surface area contributed by atoms with E-state index in [-0.39, 0.29) is 12.2 Å². The van der Waals surface area contributed by atoms with E-state index in [2.05, 4.69) is 0 Å². The molecule has 0 aromatic heterocycles. The Morgan fingerprint density at radius 2 is 1.37 bits per heavy atom. The van der Waals surface area contributed by atoms with E-state index >= 15 is 0 Å². The molecule has 0 unspecified atom stereocenters. The molecule has 0 bridgehead atoms. The van der Waals surface area contributed by atoms with Crippen LogP contribution in [0.25, 0.3) is 0 Å². The Bertz CT molecular complexity index is 324. The van der Waals surface area contributed by atoms with Gasteiger partial charge in [-0.3, -0.25) is 4.79 Å². The molecule has 19 heavy (non-hydrogen) atoms. The van der Waals surface area contributed by atoms with Crippen molar-refractivity contribution in [2.24, 2.45) is 0 Å². The maximum Gasteiger partial charge on any atom is 0.342 e. The minimum absolute atomic E-state index is 0.205. The highest BCUT2D eigenvalue weighted by atomic mass is 28.5. The molecule has 1 fully saturated rings. The fourth-order valence-corrected chi connectivity index (χ4v) is 20.0. The summed E-state index contributed by atoms with van der Waals surface area (Å²) in [7, 11) is -8.95. The summed E-state index contributed by atoms with van der Waals surface area (Å²) in [6.07, 6.45) is 0.205. The zero-order chi connectivity index (χ0) is 14.9. The molecular weight excluding hydrogens is 316 g/mol. The van der Waals surface area contributed by atoms with Crippen LogP contribution < -0.4 is 0 Å². The molecule has 1 aliphatic heterocycles. The molecule has 0 amide bonds. The van der Waals surface area contributed by atoms with Gasteiger partial charge in [-0.2, -0.15) is 0 Å². The van der Waals surface area contributed by atoms with Crippen LogP contribution in [0, 0.1) is 0 Å². The quantitative estimate of drug-likeness (QED) is 0.561. The highest BCUT2D eigenvalue weighted by Crippen LogP contribution is 2.26. The summed E-state index contributed by atoms with van der Waals surface area (Å²) in [5.74, 6) is -0.322. The van der Waals surface area contributed by atoms with Gasteiger partial charge in [0.2, 0.25) is 0 Å². The average Bonchev–Trinajstić information content (AvgIpc) is 2.06. The zero-order valence-corrected chi connectivity index (χ0v) is 16.9. The van der Waals surface area contributed by atoms with E-state index in [1.165, 1.54) is 6.92 Å². The zero-order valence-electron chi connectivity index (χ0n) is 12.7. The molecule has 6 nitrogen and oxygen atoms in total. The van der Waals surface area contributed by atoms with Crippen LogP contribution >= 0.6 is 0 Å². The van der Waals surface area contributed by atoms with E-state index in [9.17, 15) is 4.79 Å². The molecule has 0 saturated carbocycles. The number of esters is 1. The van der Waals surface area contributed by atoms with Crippen molar-refractivity contribution in [3.05, 3.63) is 0 Å². The van der Waals surface area contributed by atoms with Crippen molar-refractivity contribution in [3.63, 3.8) is 0 Å². The fourth-order valence-electron chi connectivity index (χ4n) is 2.16. The second-order valence-electron chi connectivity index (χ2n) is 5.87. The summed E-state index contributed by atoms with van der Waals surface area (Å²) < 4.78 is 29.4. The van der Waals surface area contributed by atoms with Gasteiger partial charge in [-0.15, -0.1) is 0 Å². The minimum atomic E-state index is -2.30. The third-order valence-corrected chi connectivity index (χ3v) is 17.2. The molecular formula is C9H24O6Si4. The van der Waals surface area contributed by atoms with Crippen LogP contribution in [0.1, 0.15) is 6.92 Å². The second kappa shape index (κ2) is 5.89. The molecule has 0 aromatic rings. The first-order valence-electron chi connectivity index (χ1n) is 6.30. The van der Waals surface area contributed by atoms with E-state index in [1.54, 1.807) is 0 Å². The van der Waals surface area contributed by atoms with E-state index in [1.807, 2.05) is 39.3 Å². The molecule has 112 valence electrons. The first kappa shape index (κ1) is 17.2. The van der Waals surface area contributed by atoms with Crippen molar-refractivity contribution < 1.29 is 26.0 Å². The maximum atomic E-state index is 10.9. The van der Waals surface area contributed by atoms with Crippen molar-refractivity contribution in [2.45, 2.75) is 46.2 Å². The molecule has 0 radical (unpaired) electrons. The van der Waals surface area contributed by atoms with Crippen LogP contribution in [0.5, 0.6) is 0 Å². The Hall–Kier alpha value is 0.178. The maximum absolute atomic E-state index is 10.9. The Morgan fingerprint density at radius 1 is 0.947 bits per heavy atom. The molecule has 10 heteroatoms. The van der Waals surface area contributed by atoms with Gasteiger partial charge in [-0.05, 0) is 39.3 Å². The molecule has 0 N–H and O–H groups in total. The molecule has 0 spiro atoms. The third kappa shape index (κ3) is 6.44. The first-order valence-corrected chi connectivity index (χ1v) is 16.5. The van der Waals surface area contributed by atoms with Gasteiger partial charge in [0.1, 0.15) is 6.23 Å². The summed E-state index contributed by atoms with van der Waals surface area (Å²) in [6.45, 7) is 13.3. The third-order valence-electron chi connectivity index (χ3n) is 2.24. The van der Waals surface area contributed by atoms with Crippen molar-refractivity contribution in [3.8, 4) is 0 Å². The Balaban J connectivity index is 2.82. The highest BCUT2D eigenvalue weighted by Gasteiger charge is 2.47. The second-order valence-corrected chi connectivity index (χ2v) is 19.0. The summed E-state index contributed by atoms with van der Waals surface area (Å²) in [6, 6.07) is 0. The van der Waals surface area contributed by atoms with Gasteiger partial charge in [-0.25, -0.2) is 0 Å². The van der Waals surface area contributed by atoms with Crippen LogP contribution in [0.4, 0.5) is 0 Å². The molecule has 1 saturated heterocycles. The lowest BCUT2D eigenvalue weighted by Gasteiger charge is -2.43. The highest BCUT2D eigenvalue weighted by molar-refractivity contribution is 6.89. The number of carbonyl (C=O) groups is 1. The van der Waals surface area contributed by atoms with Crippen molar-refractivity contribution in [2.75, 3.05) is 6.23 Å². The lowest BCUT2D eigenvalue weighted by atomic mass is 10.8. The number of hydrogen-bond donors (Lipinski definition) is 0. The number of ether oxygens (including phenoxy) is 1. The molecule has 1 rings (SSSR count). The average molecular weight is 341 g/mol. The smallest absolute Gasteiger partial charge is 0.342 e. The van der Waals surface area contributed by atoms with Crippen LogP contribution in [0.2, 0.25) is 39.3 Å². The lowest BCUT2D eigenvalue weighted by molar-refractivity contribution is -0.139. The van der Waals surface area contributed by atoms with Crippen LogP contribution in [0.3, 0.4) is 0 Å². The Labute approximate surface area is 119 Å². The molecule has 1 aliphatic rings. The van der Waals surface area contributed by atoms with Gasteiger partial charge in [-0.1, -0.05) is 0 Å². The van der Waals surface area contributed by atoms with E-state index in [0.29, 0.717) is 0 Å². The van der Waals surface area contributed by atoms with Gasteiger partial charge < -0.3 is 21.2 Å². The Kier molecular flexibility index (Phi) is 5.34. The van der Waals surface area contributed by atoms with Gasteiger partial charge in [0.15, 0.2) is 0 Å². The standard InChI is InChI=1S/C9H24O6Si4/c1-9(10)11-8-16-12-17(2,3)14-19(6,7)15-18(4,5)13-16/h16H,8H2,1-7H3. The van der Waals surface area contributed by atoms with Crippen molar-refractivity contribution in [1.82, 2.24) is 0 Å². The normalized spacial score (nSPS) is 26.3. The van der Waals surface area contributed by atoms with Gasteiger partial charge >= 0.3 is 40.9 Å². The monoisotopic (exact) mass is 340 g/mol. The van der Waals surface area contributed by atoms with Crippen molar-refractivity contribution in [1.29, 1.82) is 0 Å². The largest absolute Gasteiger partial charge is 0.464 e. The molecule has 0 aliphatic carbocycles. The number of hydrogen-bond acceptors (Lipinski definition) is 6. The summed E-state index contributed by atoms with van der Waals surface area (Å²) in [5, 5.41) is 0. The minimum Gasteiger partial charge on any atom is -0.464 e. The van der Waals surface area contributed by atoms with Gasteiger partial charge in [0.05, 0.1) is 0 Å². The molecule has 0 atom stereocenters. The lowest BCUT2D eigenvalue weighted by Crippen LogP contribution is -2.62. The summed E-state index contributed by atoms with van der Waals surface area (Å²) in [5.41, 5.74) is 0. The van der Waals surface area contributed by atoms with E-state index in [4.69, 9.17) is 21.2 Å². The summed E-state index contributed by atoms with van der Waals surface area (Å²) >= 11 is 0. The number of carbonyl (C=O) groups excluding carboxylic acids is 1. The predicted octanol–water partition coefficient (Wildman–Crippen LogP) is 1.49. The number of rotatable bonds is 2. The fraction of sp³-hybridized carbons (Fsp3) is 0.889. The first-order chi connectivity index (χ1) is 8.41. The van der Waals surface area contributed by atoms with E-state index < -0.39 is 35.0 Å². The topological polar surface area (TPSA) is 63.2 Å². The van der Waals surface area contributed by atoms with Crippen LogP contribution in [-0.2, 0) is 26.0 Å². The SMILES string of the molecule is CC(=O)OC[SiH]1O[Si](C)(C)O[Si](C)(C)O[Si](C)(C)O1. The van der Waals surface area contributed by atoms with E-state index in [0.717, 1.165) is 0 Å².